The molecule has 0 aromatic carbocycles. The van der Waals surface area contributed by atoms with Crippen LogP contribution in [0.2, 0.25) is 0 Å². The van der Waals surface area contributed by atoms with Gasteiger partial charge in [-0.3, -0.25) is 19.6 Å². The molecular weight excluding hydrogens is 364 g/mol. The highest BCUT2D eigenvalue weighted by Gasteiger charge is 2.07. The first kappa shape index (κ1) is 18.6. The van der Waals surface area contributed by atoms with Crippen molar-refractivity contribution in [1.29, 1.82) is 0 Å². The molecule has 0 unspecified atom stereocenters. The van der Waals surface area contributed by atoms with Crippen molar-refractivity contribution in [3.63, 3.8) is 0 Å². The number of fused-ring (bicyclic) bond motifs is 2. The van der Waals surface area contributed by atoms with Gasteiger partial charge in [-0.15, -0.1) is 13.2 Å². The molecule has 0 bridgehead atoms. The van der Waals surface area contributed by atoms with Gasteiger partial charge in [0.25, 0.3) is 11.1 Å². The number of nitrogens with zero attached hydrogens (tertiary/aromatic N) is 4. The van der Waals surface area contributed by atoms with Gasteiger partial charge in [-0.1, -0.05) is 12.2 Å². The fourth-order valence-electron chi connectivity index (χ4n) is 2.69. The molecule has 4 aromatic rings. The largest absolute Gasteiger partial charge is 0.385 e. The Bertz CT molecular complexity index is 1330. The molecule has 5 N–H and O–H groups in total. The molecule has 0 atom stereocenters. The van der Waals surface area contributed by atoms with Crippen LogP contribution >= 0.6 is 0 Å². The van der Waals surface area contributed by atoms with Gasteiger partial charge in [-0.25, -0.2) is 14.8 Å². The second kappa shape index (κ2) is 7.61. The lowest BCUT2D eigenvalue weighted by molar-refractivity contribution is 0.844. The van der Waals surface area contributed by atoms with E-state index in [1.807, 2.05) is 0 Å². The molecule has 0 radical (unpaired) electrons. The smallest absolute Gasteiger partial charge is 0.327 e. The van der Waals surface area contributed by atoms with Gasteiger partial charge in [0.2, 0.25) is 0 Å². The van der Waals surface area contributed by atoms with Gasteiger partial charge in [-0.05, 0) is 0 Å². The van der Waals surface area contributed by atoms with Crippen molar-refractivity contribution >= 4 is 28.0 Å². The molecule has 0 fully saturated rings. The number of aromatic amines is 3. The summed E-state index contributed by atoms with van der Waals surface area (Å²) >= 11 is 0. The zero-order chi connectivity index (χ0) is 20.3. The zero-order valence-corrected chi connectivity index (χ0v) is 14.8. The second-order valence-corrected chi connectivity index (χ2v) is 5.76. The molecule has 0 aliphatic rings. The van der Waals surface area contributed by atoms with E-state index in [0.29, 0.717) is 41.1 Å². The summed E-state index contributed by atoms with van der Waals surface area (Å²) in [6.45, 7) is 8.20. The molecule has 4 heterocycles. The van der Waals surface area contributed by atoms with Crippen LogP contribution in [0.3, 0.4) is 0 Å². The Labute approximate surface area is 156 Å². The van der Waals surface area contributed by atoms with Crippen molar-refractivity contribution in [2.75, 3.05) is 5.73 Å². The molecule has 0 spiro atoms. The van der Waals surface area contributed by atoms with Crippen LogP contribution in [0.1, 0.15) is 0 Å². The minimum Gasteiger partial charge on any atom is -0.385 e. The number of pyridine rings is 1. The number of aromatic nitrogens is 7. The number of allylic oxidation sites excluding steroid dienone is 2. The first-order valence-corrected chi connectivity index (χ1v) is 8.17. The number of rotatable bonds is 4. The van der Waals surface area contributed by atoms with E-state index >= 15 is 0 Å². The summed E-state index contributed by atoms with van der Waals surface area (Å²) in [5, 5.41) is 0. The summed E-state index contributed by atoms with van der Waals surface area (Å²) in [6.07, 6.45) is 6.43. The molecule has 0 amide bonds. The minimum atomic E-state index is -0.550. The number of nitrogen functional groups attached to an aromatic ring is 1. The number of hydrogen-bond donors (Lipinski definition) is 4. The van der Waals surface area contributed by atoms with Gasteiger partial charge in [0.1, 0.15) is 11.3 Å². The Morgan fingerprint density at radius 2 is 1.54 bits per heavy atom. The van der Waals surface area contributed by atoms with Crippen LogP contribution in [0.15, 0.2) is 58.4 Å². The lowest BCUT2D eigenvalue weighted by Gasteiger charge is -1.98. The van der Waals surface area contributed by atoms with Gasteiger partial charge in [0, 0.05) is 19.2 Å². The van der Waals surface area contributed by atoms with Crippen LogP contribution in [0.4, 0.5) is 5.82 Å². The van der Waals surface area contributed by atoms with Gasteiger partial charge in [0.05, 0.1) is 18.2 Å². The SMILES string of the molecule is C=CCn1cnc2[nH]c(=O)[nH]c(=O)c21.C=CCn1cnc2cc(N)[nH]c(=O)c21. The summed E-state index contributed by atoms with van der Waals surface area (Å²) in [4.78, 5) is 48.9. The Kier molecular flexibility index (Phi) is 5.07. The van der Waals surface area contributed by atoms with Crippen molar-refractivity contribution in [2.45, 2.75) is 13.1 Å². The van der Waals surface area contributed by atoms with Crippen LogP contribution in [-0.2, 0) is 13.1 Å². The molecular formula is C17H18N8O3. The summed E-state index contributed by atoms with van der Waals surface area (Å²) < 4.78 is 3.33. The van der Waals surface area contributed by atoms with Crippen molar-refractivity contribution < 1.29 is 0 Å². The standard InChI is InChI=1S/C9H10N4O.C8H8N4O2/c1-2-3-13-5-11-6-4-7(10)12-9(14)8(6)13;1-2-3-12-4-9-6-5(12)7(13)11-8(14)10-6/h2,4-5H,1,3H2,(H3,10,12,14);2,4H,1,3H2,(H2,10,11,13,14). The van der Waals surface area contributed by atoms with E-state index in [-0.39, 0.29) is 5.56 Å². The molecule has 28 heavy (non-hydrogen) atoms. The van der Waals surface area contributed by atoms with Crippen molar-refractivity contribution in [3.05, 3.63) is 75.2 Å². The number of nitrogens with one attached hydrogen (secondary N) is 3. The third-order valence-corrected chi connectivity index (χ3v) is 3.79. The molecule has 11 heteroatoms. The zero-order valence-electron chi connectivity index (χ0n) is 14.8. The van der Waals surface area contributed by atoms with E-state index in [1.54, 1.807) is 33.7 Å². The highest BCUT2D eigenvalue weighted by Crippen LogP contribution is 2.09. The molecule has 0 aliphatic carbocycles. The first-order chi connectivity index (χ1) is 13.4. The average Bonchev–Trinajstić information content (AvgIpc) is 3.21. The number of hydrogen-bond acceptors (Lipinski definition) is 6. The maximum atomic E-state index is 11.5. The van der Waals surface area contributed by atoms with Crippen molar-refractivity contribution in [1.82, 2.24) is 34.1 Å². The summed E-state index contributed by atoms with van der Waals surface area (Å²) in [5.74, 6) is 0.325. The number of H-pyrrole nitrogens is 3. The number of nitrogens with two attached hydrogens (primary N) is 1. The third-order valence-electron chi connectivity index (χ3n) is 3.79. The van der Waals surface area contributed by atoms with Crippen LogP contribution in [-0.4, -0.2) is 34.1 Å². The lowest BCUT2D eigenvalue weighted by Crippen LogP contribution is -2.23. The minimum absolute atomic E-state index is 0.223. The lowest BCUT2D eigenvalue weighted by atomic mass is 10.4. The molecule has 11 nitrogen and oxygen atoms in total. The van der Waals surface area contributed by atoms with Gasteiger partial charge in [-0.2, -0.15) is 0 Å². The third kappa shape index (κ3) is 3.53. The Balaban J connectivity index is 0.000000161. The van der Waals surface area contributed by atoms with E-state index in [4.69, 9.17) is 5.73 Å². The molecule has 0 saturated carbocycles. The highest BCUT2D eigenvalue weighted by molar-refractivity contribution is 5.76. The molecule has 4 rings (SSSR count). The predicted molar refractivity (Wildman–Crippen MR) is 106 cm³/mol. The summed E-state index contributed by atoms with van der Waals surface area (Å²) in [7, 11) is 0. The van der Waals surface area contributed by atoms with E-state index in [1.165, 1.54) is 6.33 Å². The van der Waals surface area contributed by atoms with Crippen LogP contribution < -0.4 is 22.5 Å². The molecule has 0 saturated heterocycles. The van der Waals surface area contributed by atoms with Crippen LogP contribution in [0.5, 0.6) is 0 Å². The number of imidazole rings is 2. The Morgan fingerprint density at radius 1 is 0.929 bits per heavy atom. The maximum absolute atomic E-state index is 11.5. The molecule has 0 aliphatic heterocycles. The summed E-state index contributed by atoms with van der Waals surface area (Å²) in [6, 6.07) is 1.64. The highest BCUT2D eigenvalue weighted by atomic mass is 16.2. The van der Waals surface area contributed by atoms with Crippen molar-refractivity contribution in [3.8, 4) is 0 Å². The normalized spacial score (nSPS) is 10.6. The topological polar surface area (TPSA) is 160 Å². The van der Waals surface area contributed by atoms with Crippen molar-refractivity contribution in [2.24, 2.45) is 0 Å². The summed E-state index contributed by atoms with van der Waals surface area (Å²) in [5.41, 5.74) is 6.04. The fraction of sp³-hybridized carbons (Fsp3) is 0.118. The fourth-order valence-corrected chi connectivity index (χ4v) is 2.69. The maximum Gasteiger partial charge on any atom is 0.327 e. The molecule has 4 aromatic heterocycles. The van der Waals surface area contributed by atoms with E-state index in [0.717, 1.165) is 0 Å². The van der Waals surface area contributed by atoms with Gasteiger partial charge >= 0.3 is 5.69 Å². The predicted octanol–water partition coefficient (Wildman–Crippen LogP) is 0.0917. The molecule has 144 valence electrons. The van der Waals surface area contributed by atoms with E-state index in [9.17, 15) is 14.4 Å². The number of anilines is 1. The van der Waals surface area contributed by atoms with E-state index in [2.05, 4.69) is 38.1 Å². The second-order valence-electron chi connectivity index (χ2n) is 5.76. The monoisotopic (exact) mass is 382 g/mol. The van der Waals surface area contributed by atoms with Gasteiger partial charge < -0.3 is 19.9 Å². The van der Waals surface area contributed by atoms with Crippen LogP contribution in [0, 0.1) is 0 Å². The van der Waals surface area contributed by atoms with Gasteiger partial charge in [0.15, 0.2) is 11.2 Å². The average molecular weight is 382 g/mol. The Hall–Kier alpha value is -4.15. The quantitative estimate of drug-likeness (QED) is 0.366. The first-order valence-electron chi connectivity index (χ1n) is 8.17. The van der Waals surface area contributed by atoms with E-state index < -0.39 is 11.2 Å². The Morgan fingerprint density at radius 3 is 2.21 bits per heavy atom. The van der Waals surface area contributed by atoms with Crippen LogP contribution in [0.25, 0.3) is 22.2 Å².